The van der Waals surface area contributed by atoms with Crippen LogP contribution in [0, 0.1) is 5.82 Å². The predicted molar refractivity (Wildman–Crippen MR) is 69.1 cm³/mol. The topological polar surface area (TPSA) is 64.4 Å². The van der Waals surface area contributed by atoms with Gasteiger partial charge in [-0.3, -0.25) is 4.79 Å². The summed E-state index contributed by atoms with van der Waals surface area (Å²) in [6.45, 7) is 2.04. The van der Waals surface area contributed by atoms with Crippen LogP contribution in [0.1, 0.15) is 26.2 Å². The van der Waals surface area contributed by atoms with Gasteiger partial charge in [0.15, 0.2) is 0 Å². The summed E-state index contributed by atoms with van der Waals surface area (Å²) < 4.78 is 18.0. The van der Waals surface area contributed by atoms with Crippen LogP contribution >= 0.6 is 0 Å². The minimum Gasteiger partial charge on any atom is -0.494 e. The number of unbranched alkanes of at least 4 members (excludes halogenated alkanes) is 1. The van der Waals surface area contributed by atoms with E-state index in [1.165, 1.54) is 25.3 Å². The van der Waals surface area contributed by atoms with Crippen molar-refractivity contribution in [2.45, 2.75) is 32.2 Å². The molecule has 0 unspecified atom stereocenters. The van der Waals surface area contributed by atoms with Crippen molar-refractivity contribution in [2.75, 3.05) is 12.4 Å². The van der Waals surface area contributed by atoms with Crippen molar-refractivity contribution in [1.29, 1.82) is 0 Å². The van der Waals surface area contributed by atoms with Crippen molar-refractivity contribution in [3.05, 3.63) is 24.0 Å². The highest BCUT2D eigenvalue weighted by Crippen LogP contribution is 2.25. The Bertz CT molecular complexity index is 410. The maximum absolute atomic E-state index is 13.0. The number of anilines is 1. The molecule has 3 N–H and O–H groups in total. The van der Waals surface area contributed by atoms with E-state index in [9.17, 15) is 9.18 Å². The molecule has 0 aromatic heterocycles. The van der Waals surface area contributed by atoms with Gasteiger partial charge in [-0.1, -0.05) is 19.8 Å². The summed E-state index contributed by atoms with van der Waals surface area (Å²) in [5, 5.41) is 2.64. The predicted octanol–water partition coefficient (Wildman–Crippen LogP) is 2.29. The second-order valence-corrected chi connectivity index (χ2v) is 4.08. The van der Waals surface area contributed by atoms with Gasteiger partial charge in [-0.25, -0.2) is 4.39 Å². The third-order valence-corrected chi connectivity index (χ3v) is 2.63. The van der Waals surface area contributed by atoms with Gasteiger partial charge in [0, 0.05) is 6.07 Å². The highest BCUT2D eigenvalue weighted by molar-refractivity contribution is 5.95. The molecule has 1 atom stereocenters. The van der Waals surface area contributed by atoms with Crippen LogP contribution in [0.25, 0.3) is 0 Å². The number of nitrogens with one attached hydrogen (secondary N) is 1. The Morgan fingerprint density at radius 2 is 2.28 bits per heavy atom. The number of methoxy groups -OCH3 is 1. The molecule has 1 rings (SSSR count). The van der Waals surface area contributed by atoms with E-state index >= 15 is 0 Å². The van der Waals surface area contributed by atoms with Crippen molar-refractivity contribution in [3.8, 4) is 5.75 Å². The molecule has 0 heterocycles. The fraction of sp³-hybridized carbons (Fsp3) is 0.462. The Morgan fingerprint density at radius 3 is 2.89 bits per heavy atom. The summed E-state index contributed by atoms with van der Waals surface area (Å²) in [6.07, 6.45) is 2.52. The van der Waals surface area contributed by atoms with Crippen LogP contribution in [0.5, 0.6) is 5.75 Å². The minimum atomic E-state index is -0.556. The first-order chi connectivity index (χ1) is 8.58. The number of amides is 1. The number of hydrogen-bond acceptors (Lipinski definition) is 3. The second kappa shape index (κ2) is 6.96. The average molecular weight is 254 g/mol. The summed E-state index contributed by atoms with van der Waals surface area (Å²) in [7, 11) is 1.42. The van der Waals surface area contributed by atoms with Crippen LogP contribution in [-0.2, 0) is 4.79 Å². The molecule has 1 aromatic carbocycles. The Morgan fingerprint density at radius 1 is 1.56 bits per heavy atom. The highest BCUT2D eigenvalue weighted by Gasteiger charge is 2.15. The Hall–Kier alpha value is -1.62. The third-order valence-electron chi connectivity index (χ3n) is 2.63. The molecule has 0 radical (unpaired) electrons. The molecule has 5 heteroatoms. The van der Waals surface area contributed by atoms with Gasteiger partial charge in [-0.05, 0) is 18.6 Å². The van der Waals surface area contributed by atoms with Crippen molar-refractivity contribution >= 4 is 11.6 Å². The molecular weight excluding hydrogens is 235 g/mol. The molecular formula is C13H19FN2O2. The summed E-state index contributed by atoms with van der Waals surface area (Å²) >= 11 is 0. The summed E-state index contributed by atoms with van der Waals surface area (Å²) in [4.78, 5) is 11.8. The molecule has 18 heavy (non-hydrogen) atoms. The van der Waals surface area contributed by atoms with E-state index in [0.717, 1.165) is 12.8 Å². The zero-order valence-corrected chi connectivity index (χ0v) is 10.7. The number of rotatable bonds is 6. The van der Waals surface area contributed by atoms with Gasteiger partial charge in [-0.15, -0.1) is 0 Å². The maximum Gasteiger partial charge on any atom is 0.241 e. The third kappa shape index (κ3) is 4.00. The van der Waals surface area contributed by atoms with Crippen LogP contribution < -0.4 is 15.8 Å². The molecule has 0 saturated carbocycles. The van der Waals surface area contributed by atoms with Crippen LogP contribution in [0.15, 0.2) is 18.2 Å². The average Bonchev–Trinajstić information content (AvgIpc) is 2.37. The maximum atomic E-state index is 13.0. The molecule has 0 fully saturated rings. The lowest BCUT2D eigenvalue weighted by Gasteiger charge is -2.14. The van der Waals surface area contributed by atoms with Gasteiger partial charge in [0.05, 0.1) is 18.8 Å². The molecule has 100 valence electrons. The molecule has 0 aliphatic carbocycles. The van der Waals surface area contributed by atoms with Crippen molar-refractivity contribution in [3.63, 3.8) is 0 Å². The molecule has 0 aliphatic rings. The minimum absolute atomic E-state index is 0.283. The molecule has 4 nitrogen and oxygen atoms in total. The quantitative estimate of drug-likeness (QED) is 0.818. The van der Waals surface area contributed by atoms with Gasteiger partial charge in [-0.2, -0.15) is 0 Å². The van der Waals surface area contributed by atoms with Gasteiger partial charge in [0.2, 0.25) is 5.91 Å². The van der Waals surface area contributed by atoms with Crippen LogP contribution in [-0.4, -0.2) is 19.1 Å². The van der Waals surface area contributed by atoms with E-state index in [1.807, 2.05) is 6.92 Å². The summed E-state index contributed by atoms with van der Waals surface area (Å²) in [5.74, 6) is -0.417. The smallest absolute Gasteiger partial charge is 0.241 e. The van der Waals surface area contributed by atoms with Gasteiger partial charge >= 0.3 is 0 Å². The fourth-order valence-electron chi connectivity index (χ4n) is 1.55. The molecule has 0 bridgehead atoms. The van der Waals surface area contributed by atoms with Crippen LogP contribution in [0.3, 0.4) is 0 Å². The van der Waals surface area contributed by atoms with Crippen molar-refractivity contribution in [2.24, 2.45) is 5.73 Å². The largest absolute Gasteiger partial charge is 0.494 e. The number of ether oxygens (including phenoxy) is 1. The first-order valence-corrected chi connectivity index (χ1v) is 5.98. The van der Waals surface area contributed by atoms with Crippen molar-refractivity contribution in [1.82, 2.24) is 0 Å². The van der Waals surface area contributed by atoms with E-state index in [1.54, 1.807) is 0 Å². The summed E-state index contributed by atoms with van der Waals surface area (Å²) in [5.41, 5.74) is 6.17. The SMILES string of the molecule is CCCC[C@H](N)C(=O)Nc1ccc(F)cc1OC. The van der Waals surface area contributed by atoms with E-state index in [0.29, 0.717) is 12.1 Å². The van der Waals surface area contributed by atoms with Crippen molar-refractivity contribution < 1.29 is 13.9 Å². The summed E-state index contributed by atoms with van der Waals surface area (Å²) in [6, 6.07) is 3.38. The number of carbonyl (C=O) groups is 1. The molecule has 1 amide bonds. The Kier molecular flexibility index (Phi) is 5.58. The molecule has 0 aliphatic heterocycles. The van der Waals surface area contributed by atoms with Crippen LogP contribution in [0.2, 0.25) is 0 Å². The number of halogens is 1. The standard InChI is InChI=1S/C13H19FN2O2/c1-3-4-5-10(15)13(17)16-11-7-6-9(14)8-12(11)18-2/h6-8,10H,3-5,15H2,1-2H3,(H,16,17)/t10-/m0/s1. The number of hydrogen-bond donors (Lipinski definition) is 2. The number of nitrogens with two attached hydrogens (primary N) is 1. The first kappa shape index (κ1) is 14.4. The second-order valence-electron chi connectivity index (χ2n) is 4.08. The van der Waals surface area contributed by atoms with Gasteiger partial charge in [0.1, 0.15) is 11.6 Å². The van der Waals surface area contributed by atoms with E-state index in [2.05, 4.69) is 5.32 Å². The lowest BCUT2D eigenvalue weighted by molar-refractivity contribution is -0.117. The number of carbonyl (C=O) groups excluding carboxylic acids is 1. The Labute approximate surface area is 106 Å². The highest BCUT2D eigenvalue weighted by atomic mass is 19.1. The van der Waals surface area contributed by atoms with Gasteiger partial charge in [0.25, 0.3) is 0 Å². The molecule has 0 saturated heterocycles. The first-order valence-electron chi connectivity index (χ1n) is 5.98. The fourth-order valence-corrected chi connectivity index (χ4v) is 1.55. The zero-order valence-electron chi connectivity index (χ0n) is 10.7. The number of benzene rings is 1. The zero-order chi connectivity index (χ0) is 13.5. The van der Waals surface area contributed by atoms with Gasteiger partial charge < -0.3 is 15.8 Å². The molecule has 1 aromatic rings. The van der Waals surface area contributed by atoms with E-state index in [4.69, 9.17) is 10.5 Å². The van der Waals surface area contributed by atoms with E-state index in [-0.39, 0.29) is 11.7 Å². The Balaban J connectivity index is 2.69. The van der Waals surface area contributed by atoms with Crippen LogP contribution in [0.4, 0.5) is 10.1 Å². The monoisotopic (exact) mass is 254 g/mol. The lowest BCUT2D eigenvalue weighted by Crippen LogP contribution is -2.35. The molecule has 0 spiro atoms. The normalized spacial score (nSPS) is 12.0. The lowest BCUT2D eigenvalue weighted by atomic mass is 10.1. The van der Waals surface area contributed by atoms with E-state index < -0.39 is 11.9 Å².